The third-order valence-electron chi connectivity index (χ3n) is 11.2. The molecule has 0 aromatic heterocycles. The summed E-state index contributed by atoms with van der Waals surface area (Å²) in [7, 11) is 1.48. The number of carboxylic acids is 1. The number of nitrogens with zero attached hydrogens (tertiary/aromatic N) is 2. The molecule has 6 nitrogen and oxygen atoms in total. The van der Waals surface area contributed by atoms with Gasteiger partial charge in [-0.1, -0.05) is 132 Å². The van der Waals surface area contributed by atoms with Crippen LogP contribution in [-0.2, 0) is 40.3 Å². The lowest BCUT2D eigenvalue weighted by atomic mass is 9.90. The molecule has 2 saturated heterocycles. The van der Waals surface area contributed by atoms with Crippen LogP contribution < -0.4 is 0 Å². The van der Waals surface area contributed by atoms with E-state index in [-0.39, 0.29) is 29.6 Å². The Kier molecular flexibility index (Phi) is 12.5. The second-order valence-corrected chi connectivity index (χ2v) is 15.8. The highest BCUT2D eigenvalue weighted by molar-refractivity contribution is 6.30. The van der Waals surface area contributed by atoms with Crippen molar-refractivity contribution < 1.29 is 19.4 Å². The number of ether oxygens (including phenoxy) is 1. The van der Waals surface area contributed by atoms with Gasteiger partial charge in [0.1, 0.15) is 0 Å². The summed E-state index contributed by atoms with van der Waals surface area (Å²) in [6.07, 6.45) is 1.61. The lowest BCUT2D eigenvalue weighted by molar-refractivity contribution is -0.146. The minimum atomic E-state index is -0.700. The van der Waals surface area contributed by atoms with Gasteiger partial charge in [-0.25, -0.2) is 0 Å². The predicted octanol–water partition coefficient (Wildman–Crippen LogP) is 9.83. The van der Waals surface area contributed by atoms with Crippen LogP contribution in [0.5, 0.6) is 0 Å². The normalized spacial score (nSPS) is 20.0. The Morgan fingerprint density at radius 1 is 0.582 bits per heavy atom. The highest BCUT2D eigenvalue weighted by Crippen LogP contribution is 2.32. The van der Waals surface area contributed by atoms with Crippen molar-refractivity contribution in [3.63, 3.8) is 0 Å². The maximum Gasteiger partial charge on any atom is 0.310 e. The first kappa shape index (κ1) is 38.6. The van der Waals surface area contributed by atoms with Gasteiger partial charge >= 0.3 is 11.9 Å². The van der Waals surface area contributed by atoms with E-state index in [4.69, 9.17) is 27.9 Å². The second kappa shape index (κ2) is 17.8. The fraction of sp³-hybridized carbons (Fsp3) is 0.277. The molecule has 6 aromatic rings. The minimum Gasteiger partial charge on any atom is -0.481 e. The van der Waals surface area contributed by atoms with Gasteiger partial charge in [0.2, 0.25) is 0 Å². The zero-order chi connectivity index (χ0) is 38.3. The highest BCUT2D eigenvalue weighted by atomic mass is 35.5. The quantitative estimate of drug-likeness (QED) is 0.140. The molecule has 282 valence electrons. The lowest BCUT2D eigenvalue weighted by Crippen LogP contribution is -2.25. The number of benzene rings is 6. The van der Waals surface area contributed by atoms with Crippen molar-refractivity contribution in [3.05, 3.63) is 166 Å². The van der Waals surface area contributed by atoms with Gasteiger partial charge in [0.15, 0.2) is 0 Å². The number of methoxy groups -OCH3 is 1. The van der Waals surface area contributed by atoms with E-state index >= 15 is 0 Å². The molecule has 6 aromatic carbocycles. The fourth-order valence-electron chi connectivity index (χ4n) is 8.48. The Hall–Kier alpha value is -4.72. The number of hydrogen-bond acceptors (Lipinski definition) is 5. The van der Waals surface area contributed by atoms with E-state index in [1.54, 1.807) is 0 Å². The van der Waals surface area contributed by atoms with Gasteiger partial charge in [-0.2, -0.15) is 0 Å². The third kappa shape index (κ3) is 9.57. The number of esters is 1. The summed E-state index contributed by atoms with van der Waals surface area (Å²) in [6.45, 7) is 4.62. The van der Waals surface area contributed by atoms with Gasteiger partial charge in [0.05, 0.1) is 18.9 Å². The number of halogens is 2. The third-order valence-corrected chi connectivity index (χ3v) is 11.7. The Balaban J connectivity index is 0.000000169. The van der Waals surface area contributed by atoms with Gasteiger partial charge < -0.3 is 9.84 Å². The Labute approximate surface area is 333 Å². The molecule has 0 bridgehead atoms. The molecule has 0 radical (unpaired) electrons. The molecule has 1 N–H and O–H groups in total. The first-order valence-corrected chi connectivity index (χ1v) is 19.7. The summed E-state index contributed by atoms with van der Waals surface area (Å²) >= 11 is 12.0. The molecule has 0 aliphatic carbocycles. The van der Waals surface area contributed by atoms with Crippen molar-refractivity contribution in [3.8, 4) is 0 Å². The van der Waals surface area contributed by atoms with E-state index in [1.165, 1.54) is 45.3 Å². The molecule has 4 atom stereocenters. The number of fused-ring (bicyclic) bond motifs is 2. The van der Waals surface area contributed by atoms with Crippen molar-refractivity contribution in [2.24, 2.45) is 23.7 Å². The van der Waals surface area contributed by atoms with Crippen molar-refractivity contribution in [1.82, 2.24) is 9.80 Å². The molecule has 8 heteroatoms. The summed E-state index contributed by atoms with van der Waals surface area (Å²) in [6, 6.07) is 45.2. The number of carbonyl (C=O) groups is 2. The second-order valence-electron chi connectivity index (χ2n) is 14.9. The number of likely N-dealkylation sites (tertiary alicyclic amines) is 2. The van der Waals surface area contributed by atoms with E-state index in [0.717, 1.165) is 56.2 Å². The molecule has 55 heavy (non-hydrogen) atoms. The monoisotopic (exact) mass is 772 g/mol. The molecule has 0 amide bonds. The number of rotatable bonds is 10. The largest absolute Gasteiger partial charge is 0.481 e. The summed E-state index contributed by atoms with van der Waals surface area (Å²) in [5, 5.41) is 16.2. The summed E-state index contributed by atoms with van der Waals surface area (Å²) in [4.78, 5) is 28.9. The van der Waals surface area contributed by atoms with Crippen molar-refractivity contribution in [2.75, 3.05) is 33.3 Å². The van der Waals surface area contributed by atoms with Crippen LogP contribution in [0.2, 0.25) is 10.0 Å². The molecular formula is C47H46Cl2N2O4. The molecule has 8 rings (SSSR count). The van der Waals surface area contributed by atoms with Crippen molar-refractivity contribution in [1.29, 1.82) is 0 Å². The predicted molar refractivity (Wildman–Crippen MR) is 222 cm³/mol. The topological polar surface area (TPSA) is 70.1 Å². The average Bonchev–Trinajstić information content (AvgIpc) is 3.80. The van der Waals surface area contributed by atoms with Crippen molar-refractivity contribution >= 4 is 56.7 Å². The zero-order valence-electron chi connectivity index (χ0n) is 31.0. The van der Waals surface area contributed by atoms with Crippen LogP contribution in [0.25, 0.3) is 21.5 Å². The smallest absolute Gasteiger partial charge is 0.310 e. The van der Waals surface area contributed by atoms with Crippen LogP contribution in [0.15, 0.2) is 133 Å². The summed E-state index contributed by atoms with van der Waals surface area (Å²) in [5.41, 5.74) is 4.90. The van der Waals surface area contributed by atoms with Crippen LogP contribution in [-0.4, -0.2) is 60.1 Å². The maximum atomic E-state index is 12.4. The van der Waals surface area contributed by atoms with Crippen molar-refractivity contribution in [2.45, 2.75) is 25.9 Å². The van der Waals surface area contributed by atoms with Crippen LogP contribution >= 0.6 is 23.2 Å². The molecular weight excluding hydrogens is 727 g/mol. The number of hydrogen-bond donors (Lipinski definition) is 1. The molecule has 2 heterocycles. The van der Waals surface area contributed by atoms with Crippen LogP contribution in [0.3, 0.4) is 0 Å². The zero-order valence-corrected chi connectivity index (χ0v) is 32.5. The first-order chi connectivity index (χ1) is 26.7. The van der Waals surface area contributed by atoms with Gasteiger partial charge in [-0.3, -0.25) is 19.4 Å². The molecule has 2 aliphatic heterocycles. The van der Waals surface area contributed by atoms with Gasteiger partial charge in [-0.15, -0.1) is 0 Å². The number of carbonyl (C=O) groups excluding carboxylic acids is 1. The van der Waals surface area contributed by atoms with E-state index in [1.807, 2.05) is 54.6 Å². The number of carboxylic acid groups (broad SMARTS) is 1. The minimum absolute atomic E-state index is 0.101. The van der Waals surface area contributed by atoms with Gasteiger partial charge in [0.25, 0.3) is 0 Å². The van der Waals surface area contributed by atoms with E-state index < -0.39 is 5.97 Å². The molecule has 0 spiro atoms. The molecule has 2 fully saturated rings. The Bertz CT molecular complexity index is 2230. The van der Waals surface area contributed by atoms with E-state index in [2.05, 4.69) is 88.7 Å². The first-order valence-electron chi connectivity index (χ1n) is 18.9. The van der Waals surface area contributed by atoms with Gasteiger partial charge in [0, 0.05) is 49.3 Å². The van der Waals surface area contributed by atoms with E-state index in [0.29, 0.717) is 11.6 Å². The Morgan fingerprint density at radius 3 is 1.45 bits per heavy atom. The van der Waals surface area contributed by atoms with Crippen LogP contribution in [0, 0.1) is 23.7 Å². The summed E-state index contributed by atoms with van der Waals surface area (Å²) in [5.74, 6) is -0.901. The molecule has 0 saturated carbocycles. The summed E-state index contributed by atoms with van der Waals surface area (Å²) < 4.78 is 5.10. The Morgan fingerprint density at radius 2 is 1.00 bits per heavy atom. The maximum absolute atomic E-state index is 12.4. The molecule has 0 unspecified atom stereocenters. The number of aliphatic carboxylic acids is 1. The fourth-order valence-corrected chi connectivity index (χ4v) is 8.73. The lowest BCUT2D eigenvalue weighted by Gasteiger charge is -2.17. The standard InChI is InChI=1S/C24H24ClNO2.C23H22ClNO2/c1-28-24(27)23-16-26(15-20(23)13-17-9-11-21(25)12-10-17)14-19-7-4-6-18-5-2-3-8-22(18)19;24-20-10-8-16(9-11-20)12-19-14-25(15-22(19)23(26)27)13-18-6-3-5-17-4-1-2-7-21(17)18/h2-12,20,23H,13-16H2,1H3;1-11,19,22H,12-15H2,(H,26,27)/t20-,23-;19-,22-/m00/s1. The molecule has 2 aliphatic rings. The van der Waals surface area contributed by atoms with Gasteiger partial charge in [-0.05, 0) is 92.7 Å². The van der Waals surface area contributed by atoms with Crippen LogP contribution in [0.1, 0.15) is 22.3 Å². The van der Waals surface area contributed by atoms with Crippen LogP contribution in [0.4, 0.5) is 0 Å². The van der Waals surface area contributed by atoms with E-state index in [9.17, 15) is 14.7 Å². The highest BCUT2D eigenvalue weighted by Gasteiger charge is 2.39. The SMILES string of the molecule is COC(=O)[C@H]1CN(Cc2cccc3ccccc23)C[C@@H]1Cc1ccc(Cl)cc1.O=C(O)[C@H]1CN(Cc2cccc3ccccc23)C[C@@H]1Cc1ccc(Cl)cc1. The average molecular weight is 774 g/mol.